The fourth-order valence-corrected chi connectivity index (χ4v) is 3.13. The topological polar surface area (TPSA) is 55.1 Å². The average Bonchev–Trinajstić information content (AvgIpc) is 3.02. The zero-order chi connectivity index (χ0) is 18.5. The van der Waals surface area contributed by atoms with E-state index in [1.54, 1.807) is 42.1 Å². The van der Waals surface area contributed by atoms with E-state index in [4.69, 9.17) is 16.0 Å². The molecule has 3 rings (SSSR count). The van der Waals surface area contributed by atoms with Crippen LogP contribution in [0.1, 0.15) is 21.8 Å². The molecule has 0 radical (unpaired) electrons. The van der Waals surface area contributed by atoms with Crippen molar-refractivity contribution in [1.29, 1.82) is 0 Å². The van der Waals surface area contributed by atoms with Gasteiger partial charge in [-0.25, -0.2) is 4.98 Å². The predicted molar refractivity (Wildman–Crippen MR) is 108 cm³/mol. The van der Waals surface area contributed by atoms with Gasteiger partial charge in [0, 0.05) is 17.7 Å². The maximum atomic E-state index is 12.3. The number of halogens is 1. The van der Waals surface area contributed by atoms with E-state index in [0.29, 0.717) is 27.7 Å². The number of hydrogen-bond donors (Lipinski definition) is 1. The van der Waals surface area contributed by atoms with E-state index < -0.39 is 0 Å². The van der Waals surface area contributed by atoms with E-state index in [1.165, 1.54) is 0 Å². The normalized spacial score (nSPS) is 10.7. The van der Waals surface area contributed by atoms with Gasteiger partial charge in [0.25, 0.3) is 5.91 Å². The molecule has 6 heteroatoms. The molecular formula is C20H19ClN2O2S. The van der Waals surface area contributed by atoms with Crippen molar-refractivity contribution in [3.63, 3.8) is 0 Å². The van der Waals surface area contributed by atoms with Crippen LogP contribution in [0.3, 0.4) is 0 Å². The van der Waals surface area contributed by atoms with E-state index in [1.807, 2.05) is 25.1 Å². The molecule has 3 aromatic rings. The Bertz CT molecular complexity index is 909. The van der Waals surface area contributed by atoms with Crippen molar-refractivity contribution in [3.8, 4) is 11.5 Å². The summed E-state index contributed by atoms with van der Waals surface area (Å²) in [6, 6.07) is 14.3. The van der Waals surface area contributed by atoms with Gasteiger partial charge in [-0.1, -0.05) is 29.8 Å². The lowest BCUT2D eigenvalue weighted by atomic mass is 10.1. The highest BCUT2D eigenvalue weighted by Crippen LogP contribution is 2.31. The highest BCUT2D eigenvalue weighted by Gasteiger charge is 2.15. The molecule has 0 aliphatic rings. The third kappa shape index (κ3) is 4.29. The number of carbonyl (C=O) groups excluding carboxylic acids is 1. The van der Waals surface area contributed by atoms with Gasteiger partial charge < -0.3 is 9.73 Å². The summed E-state index contributed by atoms with van der Waals surface area (Å²) in [4.78, 5) is 16.9. The van der Waals surface area contributed by atoms with Crippen molar-refractivity contribution in [3.05, 3.63) is 70.6 Å². The molecule has 0 unspecified atom stereocenters. The summed E-state index contributed by atoms with van der Waals surface area (Å²) in [6.07, 6.45) is 2.91. The van der Waals surface area contributed by atoms with Gasteiger partial charge in [0.15, 0.2) is 0 Å². The molecule has 0 spiro atoms. The number of hydrogen-bond acceptors (Lipinski definition) is 4. The number of amides is 1. The molecular weight excluding hydrogens is 368 g/mol. The Morgan fingerprint density at radius 2 is 2.00 bits per heavy atom. The fraction of sp³-hybridized carbons (Fsp3) is 0.200. The highest BCUT2D eigenvalue weighted by atomic mass is 35.5. The summed E-state index contributed by atoms with van der Waals surface area (Å²) in [5.74, 6) is 2.07. The first kappa shape index (κ1) is 18.5. The van der Waals surface area contributed by atoms with Gasteiger partial charge >= 0.3 is 0 Å². The third-order valence-corrected chi connectivity index (χ3v) is 4.87. The maximum absolute atomic E-state index is 12.3. The van der Waals surface area contributed by atoms with Crippen LogP contribution < -0.4 is 5.32 Å². The number of anilines is 1. The van der Waals surface area contributed by atoms with Crippen molar-refractivity contribution in [2.45, 2.75) is 13.3 Å². The number of nitrogens with one attached hydrogen (secondary N) is 1. The predicted octanol–water partition coefficient (Wildman–Crippen LogP) is 5.46. The first-order valence-corrected chi connectivity index (χ1v) is 9.97. The number of oxazole rings is 1. The van der Waals surface area contributed by atoms with Gasteiger partial charge in [0.2, 0.25) is 5.89 Å². The van der Waals surface area contributed by atoms with Gasteiger partial charge in [-0.15, -0.1) is 0 Å². The zero-order valence-corrected chi connectivity index (χ0v) is 16.2. The minimum absolute atomic E-state index is 0.178. The van der Waals surface area contributed by atoms with Gasteiger partial charge in [-0.05, 0) is 49.3 Å². The Kier molecular flexibility index (Phi) is 6.01. The monoisotopic (exact) mass is 386 g/mol. The molecule has 0 atom stereocenters. The number of benzene rings is 2. The van der Waals surface area contributed by atoms with Gasteiger partial charge in [0.1, 0.15) is 5.76 Å². The quantitative estimate of drug-likeness (QED) is 0.611. The number of nitrogens with zero attached hydrogens (tertiary/aromatic N) is 1. The van der Waals surface area contributed by atoms with Crippen LogP contribution in [0.25, 0.3) is 11.5 Å². The molecule has 1 aromatic heterocycles. The standard InChI is InChI=1S/C20H19ClN2O2S/c1-13-18(10-11-26-2)23-20(25-13)16-12-15(8-9-17(16)21)22-19(24)14-6-4-3-5-7-14/h3-9,12H,10-11H2,1-2H3,(H,22,24). The van der Waals surface area contributed by atoms with E-state index in [2.05, 4.69) is 16.6 Å². The van der Waals surface area contributed by atoms with Crippen LogP contribution in [-0.4, -0.2) is 22.9 Å². The molecule has 0 fully saturated rings. The minimum atomic E-state index is -0.178. The highest BCUT2D eigenvalue weighted by molar-refractivity contribution is 7.98. The maximum Gasteiger partial charge on any atom is 0.255 e. The molecule has 1 N–H and O–H groups in total. The summed E-state index contributed by atoms with van der Waals surface area (Å²) in [6.45, 7) is 1.90. The van der Waals surface area contributed by atoms with Crippen LogP contribution >= 0.6 is 23.4 Å². The second kappa shape index (κ2) is 8.43. The van der Waals surface area contributed by atoms with E-state index in [-0.39, 0.29) is 5.91 Å². The number of aryl methyl sites for hydroxylation is 2. The van der Waals surface area contributed by atoms with E-state index in [0.717, 1.165) is 23.6 Å². The average molecular weight is 387 g/mol. The Morgan fingerprint density at radius 1 is 1.23 bits per heavy atom. The molecule has 1 heterocycles. The van der Waals surface area contributed by atoms with Crippen LogP contribution in [0, 0.1) is 6.92 Å². The van der Waals surface area contributed by atoms with Crippen molar-refractivity contribution in [2.75, 3.05) is 17.3 Å². The van der Waals surface area contributed by atoms with E-state index >= 15 is 0 Å². The Morgan fingerprint density at radius 3 is 2.73 bits per heavy atom. The molecule has 134 valence electrons. The Balaban J connectivity index is 1.85. The Labute approximate surface area is 162 Å². The van der Waals surface area contributed by atoms with Crippen molar-refractivity contribution in [1.82, 2.24) is 4.98 Å². The molecule has 0 aliphatic heterocycles. The van der Waals surface area contributed by atoms with Crippen LogP contribution in [0.4, 0.5) is 5.69 Å². The van der Waals surface area contributed by atoms with Gasteiger partial charge in [-0.2, -0.15) is 11.8 Å². The minimum Gasteiger partial charge on any atom is -0.441 e. The summed E-state index contributed by atoms with van der Waals surface area (Å²) < 4.78 is 5.81. The number of carbonyl (C=O) groups is 1. The second-order valence-corrected chi connectivity index (χ2v) is 7.17. The summed E-state index contributed by atoms with van der Waals surface area (Å²) in [7, 11) is 0. The second-order valence-electron chi connectivity index (χ2n) is 5.78. The molecule has 0 bridgehead atoms. The number of aromatic nitrogens is 1. The van der Waals surface area contributed by atoms with Crippen molar-refractivity contribution >= 4 is 35.0 Å². The van der Waals surface area contributed by atoms with Gasteiger partial charge in [-0.3, -0.25) is 4.79 Å². The smallest absolute Gasteiger partial charge is 0.255 e. The number of thioether (sulfide) groups is 1. The Hall–Kier alpha value is -2.24. The van der Waals surface area contributed by atoms with Crippen molar-refractivity contribution in [2.24, 2.45) is 0 Å². The number of rotatable bonds is 6. The molecule has 26 heavy (non-hydrogen) atoms. The zero-order valence-electron chi connectivity index (χ0n) is 14.6. The van der Waals surface area contributed by atoms with Gasteiger partial charge in [0.05, 0.1) is 16.3 Å². The molecule has 0 aliphatic carbocycles. The first-order chi connectivity index (χ1) is 12.6. The van der Waals surface area contributed by atoms with Crippen LogP contribution in [0.15, 0.2) is 52.9 Å². The first-order valence-electron chi connectivity index (χ1n) is 8.20. The van der Waals surface area contributed by atoms with E-state index in [9.17, 15) is 4.79 Å². The molecule has 0 saturated carbocycles. The summed E-state index contributed by atoms with van der Waals surface area (Å²) >= 11 is 8.10. The SMILES string of the molecule is CSCCc1nc(-c2cc(NC(=O)c3ccccc3)ccc2Cl)oc1C. The van der Waals surface area contributed by atoms with Crippen molar-refractivity contribution < 1.29 is 9.21 Å². The molecule has 1 amide bonds. The third-order valence-electron chi connectivity index (χ3n) is 3.93. The molecule has 4 nitrogen and oxygen atoms in total. The fourth-order valence-electron chi connectivity index (χ4n) is 2.53. The molecule has 0 saturated heterocycles. The lowest BCUT2D eigenvalue weighted by Gasteiger charge is -2.07. The van der Waals surface area contributed by atoms with Crippen LogP contribution in [0.5, 0.6) is 0 Å². The largest absolute Gasteiger partial charge is 0.441 e. The lowest BCUT2D eigenvalue weighted by Crippen LogP contribution is -2.11. The van der Waals surface area contributed by atoms with Crippen LogP contribution in [0.2, 0.25) is 5.02 Å². The lowest BCUT2D eigenvalue weighted by molar-refractivity contribution is 0.102. The summed E-state index contributed by atoms with van der Waals surface area (Å²) in [5.41, 5.74) is 2.83. The molecule has 2 aromatic carbocycles. The van der Waals surface area contributed by atoms with Crippen LogP contribution in [-0.2, 0) is 6.42 Å². The summed E-state index contributed by atoms with van der Waals surface area (Å²) in [5, 5.41) is 3.41.